The molecule has 0 saturated carbocycles. The fraction of sp³-hybridized carbons (Fsp3) is 0.0800. The van der Waals surface area contributed by atoms with E-state index in [0.717, 1.165) is 17.6 Å². The van der Waals surface area contributed by atoms with Crippen LogP contribution in [0.2, 0.25) is 0 Å². The van der Waals surface area contributed by atoms with E-state index in [0.29, 0.717) is 0 Å². The van der Waals surface area contributed by atoms with Gasteiger partial charge in [-0.15, -0.1) is 0 Å². The minimum absolute atomic E-state index is 0.976. The van der Waals surface area contributed by atoms with Crippen molar-refractivity contribution in [3.05, 3.63) is 89.6 Å². The Morgan fingerprint density at radius 3 is 2.23 bits per heavy atom. The summed E-state index contributed by atoms with van der Waals surface area (Å²) in [6.45, 7) is 2.15. The van der Waals surface area contributed by atoms with Crippen molar-refractivity contribution in [1.29, 1.82) is 0 Å². The van der Waals surface area contributed by atoms with Gasteiger partial charge in [0.15, 0.2) is 0 Å². The van der Waals surface area contributed by atoms with Crippen LogP contribution >= 0.6 is 0 Å². The van der Waals surface area contributed by atoms with Crippen LogP contribution in [-0.2, 0) is 6.42 Å². The highest BCUT2D eigenvalue weighted by molar-refractivity contribution is 6.16. The molecule has 0 atom stereocenters. The first-order valence-corrected chi connectivity index (χ1v) is 9.13. The second-order valence-electron chi connectivity index (χ2n) is 7.22. The zero-order valence-corrected chi connectivity index (χ0v) is 14.6. The molecule has 5 aromatic rings. The van der Waals surface area contributed by atoms with Crippen molar-refractivity contribution in [2.45, 2.75) is 13.3 Å². The zero-order chi connectivity index (χ0) is 17.3. The molecule has 0 bridgehead atoms. The average Bonchev–Trinajstić information content (AvgIpc) is 3.08. The largest absolute Gasteiger partial charge is 0.253 e. The highest BCUT2D eigenvalue weighted by Crippen LogP contribution is 2.46. The van der Waals surface area contributed by atoms with E-state index in [9.17, 15) is 0 Å². The van der Waals surface area contributed by atoms with Gasteiger partial charge in [-0.1, -0.05) is 66.7 Å². The van der Waals surface area contributed by atoms with Crippen LogP contribution in [0.4, 0.5) is 0 Å². The number of benzene rings is 4. The van der Waals surface area contributed by atoms with Crippen LogP contribution in [0.1, 0.15) is 16.8 Å². The molecule has 0 radical (unpaired) electrons. The predicted molar refractivity (Wildman–Crippen MR) is 110 cm³/mol. The maximum absolute atomic E-state index is 4.96. The van der Waals surface area contributed by atoms with Crippen molar-refractivity contribution in [2.75, 3.05) is 0 Å². The molecule has 122 valence electrons. The lowest BCUT2D eigenvalue weighted by Crippen LogP contribution is -1.94. The van der Waals surface area contributed by atoms with E-state index >= 15 is 0 Å². The van der Waals surface area contributed by atoms with Crippen LogP contribution in [-0.4, -0.2) is 4.98 Å². The summed E-state index contributed by atoms with van der Waals surface area (Å²) in [6.07, 6.45) is 0.976. The molecule has 1 heteroatoms. The summed E-state index contributed by atoms with van der Waals surface area (Å²) in [6, 6.07) is 26.3. The van der Waals surface area contributed by atoms with E-state index in [-0.39, 0.29) is 0 Å². The van der Waals surface area contributed by atoms with Crippen LogP contribution in [0.15, 0.2) is 72.8 Å². The molecule has 0 aliphatic heterocycles. The topological polar surface area (TPSA) is 12.9 Å². The molecule has 26 heavy (non-hydrogen) atoms. The van der Waals surface area contributed by atoms with Crippen LogP contribution in [0.25, 0.3) is 43.6 Å². The quantitative estimate of drug-likeness (QED) is 0.293. The van der Waals surface area contributed by atoms with E-state index in [2.05, 4.69) is 79.7 Å². The molecule has 0 unspecified atom stereocenters. The minimum atomic E-state index is 0.976. The zero-order valence-electron chi connectivity index (χ0n) is 14.6. The third kappa shape index (κ3) is 1.72. The number of hydrogen-bond acceptors (Lipinski definition) is 1. The Morgan fingerprint density at radius 2 is 1.38 bits per heavy atom. The van der Waals surface area contributed by atoms with Gasteiger partial charge in [-0.05, 0) is 56.8 Å². The third-order valence-electron chi connectivity index (χ3n) is 5.85. The van der Waals surface area contributed by atoms with Gasteiger partial charge in [-0.25, -0.2) is 0 Å². The summed E-state index contributed by atoms with van der Waals surface area (Å²) in [5.41, 5.74) is 7.86. The van der Waals surface area contributed by atoms with E-state index < -0.39 is 0 Å². The summed E-state index contributed by atoms with van der Waals surface area (Å²) < 4.78 is 0. The molecule has 4 aromatic carbocycles. The fourth-order valence-electron chi connectivity index (χ4n) is 4.65. The molecule has 0 saturated heterocycles. The number of rotatable bonds is 0. The van der Waals surface area contributed by atoms with Crippen molar-refractivity contribution in [3.63, 3.8) is 0 Å². The smallest absolute Gasteiger partial charge is 0.0718 e. The summed E-state index contributed by atoms with van der Waals surface area (Å²) in [5.74, 6) is 0. The van der Waals surface area contributed by atoms with Crippen molar-refractivity contribution in [2.24, 2.45) is 0 Å². The molecule has 0 spiro atoms. The highest BCUT2D eigenvalue weighted by atomic mass is 14.7. The van der Waals surface area contributed by atoms with Gasteiger partial charge in [0.25, 0.3) is 0 Å². The van der Waals surface area contributed by atoms with Crippen LogP contribution in [0.3, 0.4) is 0 Å². The first kappa shape index (κ1) is 14.0. The molecule has 0 N–H and O–H groups in total. The highest BCUT2D eigenvalue weighted by Gasteiger charge is 2.26. The minimum Gasteiger partial charge on any atom is -0.253 e. The van der Waals surface area contributed by atoms with Gasteiger partial charge < -0.3 is 0 Å². The maximum atomic E-state index is 4.96. The lowest BCUT2D eigenvalue weighted by atomic mass is 9.94. The SMILES string of the molecule is Cc1nc2ccc3ccccc3c2c2c1Cc1c-2ccc2ccccc12. The number of aromatic nitrogens is 1. The molecule has 1 heterocycles. The summed E-state index contributed by atoms with van der Waals surface area (Å²) in [7, 11) is 0. The van der Waals surface area contributed by atoms with Crippen LogP contribution < -0.4 is 0 Å². The Bertz CT molecular complexity index is 1360. The fourth-order valence-corrected chi connectivity index (χ4v) is 4.65. The molecule has 1 aliphatic rings. The third-order valence-corrected chi connectivity index (χ3v) is 5.85. The Kier molecular flexibility index (Phi) is 2.66. The Balaban J connectivity index is 1.84. The van der Waals surface area contributed by atoms with E-state index in [1.165, 1.54) is 49.2 Å². The standard InChI is InChI=1S/C25H17N/c1-15-21-14-22-18-8-4-2-6-16(18)10-12-20(22)24(21)25-19-9-5-3-7-17(19)11-13-23(25)26-15/h2-13H,14H2,1H3. The first-order valence-electron chi connectivity index (χ1n) is 9.13. The van der Waals surface area contributed by atoms with Gasteiger partial charge in [-0.3, -0.25) is 4.98 Å². The second-order valence-corrected chi connectivity index (χ2v) is 7.22. The number of pyridine rings is 1. The molecular weight excluding hydrogens is 314 g/mol. The monoisotopic (exact) mass is 331 g/mol. The number of hydrogen-bond donors (Lipinski definition) is 0. The number of aryl methyl sites for hydroxylation is 1. The van der Waals surface area contributed by atoms with Crippen molar-refractivity contribution in [1.82, 2.24) is 4.98 Å². The van der Waals surface area contributed by atoms with Crippen molar-refractivity contribution < 1.29 is 0 Å². The molecular formula is C25H17N. The normalized spacial score (nSPS) is 12.7. The van der Waals surface area contributed by atoms with Gasteiger partial charge in [0.1, 0.15) is 0 Å². The number of nitrogens with zero attached hydrogens (tertiary/aromatic N) is 1. The second kappa shape index (κ2) is 4.92. The van der Waals surface area contributed by atoms with Gasteiger partial charge in [0.2, 0.25) is 0 Å². The lowest BCUT2D eigenvalue weighted by molar-refractivity contribution is 1.15. The van der Waals surface area contributed by atoms with Crippen molar-refractivity contribution >= 4 is 32.4 Å². The van der Waals surface area contributed by atoms with Gasteiger partial charge in [0.05, 0.1) is 5.52 Å². The Labute approximate surface area is 151 Å². The van der Waals surface area contributed by atoms with E-state index in [1.807, 2.05) is 0 Å². The summed E-state index contributed by atoms with van der Waals surface area (Å²) in [5, 5.41) is 6.57. The first-order chi connectivity index (χ1) is 12.8. The van der Waals surface area contributed by atoms with Gasteiger partial charge >= 0.3 is 0 Å². The van der Waals surface area contributed by atoms with Crippen LogP contribution in [0, 0.1) is 6.92 Å². The van der Waals surface area contributed by atoms with Crippen molar-refractivity contribution in [3.8, 4) is 11.1 Å². The van der Waals surface area contributed by atoms with E-state index in [1.54, 1.807) is 0 Å². The van der Waals surface area contributed by atoms with Gasteiger partial charge in [-0.2, -0.15) is 0 Å². The molecule has 1 nitrogen and oxygen atoms in total. The number of fused-ring (bicyclic) bond motifs is 9. The van der Waals surface area contributed by atoms with Gasteiger partial charge in [0, 0.05) is 17.5 Å². The summed E-state index contributed by atoms with van der Waals surface area (Å²) >= 11 is 0. The molecule has 0 fully saturated rings. The van der Waals surface area contributed by atoms with E-state index in [4.69, 9.17) is 4.98 Å². The lowest BCUT2D eigenvalue weighted by Gasteiger charge is -2.12. The predicted octanol–water partition coefficient (Wildman–Crippen LogP) is 6.42. The molecule has 1 aliphatic carbocycles. The summed E-state index contributed by atoms with van der Waals surface area (Å²) in [4.78, 5) is 4.96. The maximum Gasteiger partial charge on any atom is 0.0718 e. The molecule has 1 aromatic heterocycles. The Hall–Kier alpha value is -3.19. The van der Waals surface area contributed by atoms with Crippen LogP contribution in [0.5, 0.6) is 0 Å². The Morgan fingerprint density at radius 1 is 0.692 bits per heavy atom. The average molecular weight is 331 g/mol. The molecule has 6 rings (SSSR count). The molecule has 0 amide bonds.